The summed E-state index contributed by atoms with van der Waals surface area (Å²) in [4.78, 5) is 30.7. The van der Waals surface area contributed by atoms with Crippen molar-refractivity contribution in [2.45, 2.75) is 11.3 Å². The fourth-order valence-corrected chi connectivity index (χ4v) is 1.51. The molecule has 0 amide bonds. The number of thioether (sulfide) groups is 1. The summed E-state index contributed by atoms with van der Waals surface area (Å²) < 4.78 is 4.28. The number of ether oxygens (including phenoxy) is 1. The van der Waals surface area contributed by atoms with Crippen LogP contribution in [0.5, 0.6) is 0 Å². The van der Waals surface area contributed by atoms with Gasteiger partial charge in [0, 0.05) is 5.75 Å². The Morgan fingerprint density at radius 2 is 2.00 bits per heavy atom. The first-order valence-electron chi connectivity index (χ1n) is 3.87. The van der Waals surface area contributed by atoms with E-state index in [1.165, 1.54) is 0 Å². The Hall–Kier alpha value is -1.28. The van der Waals surface area contributed by atoms with Gasteiger partial charge in [-0.05, 0) is 0 Å². The van der Waals surface area contributed by atoms with Gasteiger partial charge in [-0.3, -0.25) is 14.4 Å². The van der Waals surface area contributed by atoms with Crippen LogP contribution >= 0.6 is 11.8 Å². The lowest BCUT2D eigenvalue weighted by atomic mass is 10.4. The molecule has 0 aromatic carbocycles. The van der Waals surface area contributed by atoms with Crippen LogP contribution in [0.2, 0.25) is 0 Å². The topological polar surface area (TPSA) is 127 Å². The predicted octanol–water partition coefficient (Wildman–Crippen LogP) is -1.24. The zero-order valence-electron chi connectivity index (χ0n) is 7.66. The van der Waals surface area contributed by atoms with E-state index < -0.39 is 23.2 Å². The van der Waals surface area contributed by atoms with Gasteiger partial charge < -0.3 is 20.7 Å². The zero-order valence-corrected chi connectivity index (χ0v) is 8.48. The fourth-order valence-electron chi connectivity index (χ4n) is 0.608. The van der Waals surface area contributed by atoms with Crippen molar-refractivity contribution in [2.24, 2.45) is 5.73 Å². The molecule has 15 heavy (non-hydrogen) atoms. The third kappa shape index (κ3) is 5.92. The number of carboxylic acid groups (broad SMARTS) is 2. The maximum atomic E-state index is 10.6. The molecule has 0 aromatic heterocycles. The van der Waals surface area contributed by atoms with Crippen molar-refractivity contribution in [2.75, 3.05) is 12.4 Å². The Kier molecular flexibility index (Phi) is 6.47. The van der Waals surface area contributed by atoms with Crippen LogP contribution in [0, 0.1) is 0 Å². The molecule has 0 rings (SSSR count). The smallest absolute Gasteiger partial charge is 0.321 e. The van der Waals surface area contributed by atoms with Gasteiger partial charge in [0.1, 0.15) is 17.9 Å². The third-order valence-electron chi connectivity index (χ3n) is 1.39. The molecule has 0 aromatic rings. The molecule has 0 heterocycles. The van der Waals surface area contributed by atoms with E-state index in [-0.39, 0.29) is 18.8 Å². The summed E-state index contributed by atoms with van der Waals surface area (Å²) in [6, 6.07) is -1.13. The highest BCUT2D eigenvalue weighted by Crippen LogP contribution is 2.12. The summed E-state index contributed by atoms with van der Waals surface area (Å²) in [6.07, 6.45) is 0. The molecule has 1 unspecified atom stereocenters. The number of nitrogens with two attached hydrogens (primary N) is 1. The number of carbonyl (C=O) groups is 3. The fraction of sp³-hybridized carbons (Fsp3) is 0.571. The van der Waals surface area contributed by atoms with Gasteiger partial charge in [0.15, 0.2) is 0 Å². The van der Waals surface area contributed by atoms with Crippen LogP contribution in [0.3, 0.4) is 0 Å². The van der Waals surface area contributed by atoms with Crippen molar-refractivity contribution in [3.05, 3.63) is 0 Å². The SMILES string of the molecule is N[C@@H](CSC(COC=O)C(=O)O)C(=O)O. The Morgan fingerprint density at radius 3 is 2.40 bits per heavy atom. The van der Waals surface area contributed by atoms with Crippen molar-refractivity contribution in [3.63, 3.8) is 0 Å². The third-order valence-corrected chi connectivity index (χ3v) is 2.68. The van der Waals surface area contributed by atoms with Crippen LogP contribution in [0.1, 0.15) is 0 Å². The van der Waals surface area contributed by atoms with Crippen molar-refractivity contribution >= 4 is 30.2 Å². The van der Waals surface area contributed by atoms with Gasteiger partial charge in [0.2, 0.25) is 0 Å². The van der Waals surface area contributed by atoms with Gasteiger partial charge in [-0.2, -0.15) is 0 Å². The number of hydrogen-bond acceptors (Lipinski definition) is 6. The average Bonchev–Trinajstić information content (AvgIpc) is 2.16. The van der Waals surface area contributed by atoms with E-state index in [0.717, 1.165) is 11.8 Å². The molecule has 0 radical (unpaired) electrons. The van der Waals surface area contributed by atoms with Crippen molar-refractivity contribution in [1.82, 2.24) is 0 Å². The largest absolute Gasteiger partial charge is 0.480 e. The zero-order chi connectivity index (χ0) is 11.8. The molecule has 4 N–H and O–H groups in total. The van der Waals surface area contributed by atoms with Gasteiger partial charge in [0.05, 0.1) is 0 Å². The van der Waals surface area contributed by atoms with Crippen molar-refractivity contribution in [3.8, 4) is 0 Å². The molecule has 86 valence electrons. The molecule has 2 atom stereocenters. The quantitative estimate of drug-likeness (QED) is 0.447. The summed E-state index contributed by atoms with van der Waals surface area (Å²) in [6.45, 7) is -0.177. The molecule has 0 spiro atoms. The normalized spacial score (nSPS) is 13.9. The molecule has 0 aliphatic carbocycles. The van der Waals surface area contributed by atoms with Gasteiger partial charge in [0.25, 0.3) is 6.47 Å². The Bertz CT molecular complexity index is 246. The molecule has 0 fully saturated rings. The summed E-state index contributed by atoms with van der Waals surface area (Å²) >= 11 is 0.817. The maximum Gasteiger partial charge on any atom is 0.321 e. The number of carbonyl (C=O) groups excluding carboxylic acids is 1. The van der Waals surface area contributed by atoms with E-state index >= 15 is 0 Å². The summed E-state index contributed by atoms with van der Waals surface area (Å²) in [7, 11) is 0. The van der Waals surface area contributed by atoms with E-state index in [4.69, 9.17) is 15.9 Å². The number of carboxylic acids is 2. The molecule has 0 aliphatic rings. The number of hydrogen-bond donors (Lipinski definition) is 3. The van der Waals surface area contributed by atoms with E-state index in [1.807, 2.05) is 0 Å². The van der Waals surface area contributed by atoms with Gasteiger partial charge >= 0.3 is 11.9 Å². The van der Waals surface area contributed by atoms with Crippen molar-refractivity contribution < 1.29 is 29.3 Å². The predicted molar refractivity (Wildman–Crippen MR) is 51.5 cm³/mol. The lowest BCUT2D eigenvalue weighted by Gasteiger charge is -2.12. The lowest BCUT2D eigenvalue weighted by Crippen LogP contribution is -2.34. The number of rotatable bonds is 8. The van der Waals surface area contributed by atoms with E-state index in [1.54, 1.807) is 0 Å². The molecule has 0 bridgehead atoms. The summed E-state index contributed by atoms with van der Waals surface area (Å²) in [5.74, 6) is -2.45. The maximum absolute atomic E-state index is 10.6. The minimum atomic E-state index is -1.21. The summed E-state index contributed by atoms with van der Waals surface area (Å²) in [5, 5.41) is 16.1. The second-order valence-corrected chi connectivity index (χ2v) is 3.77. The van der Waals surface area contributed by atoms with Gasteiger partial charge in [-0.25, -0.2) is 0 Å². The molecule has 7 nitrogen and oxygen atoms in total. The minimum Gasteiger partial charge on any atom is -0.480 e. The Morgan fingerprint density at radius 1 is 1.40 bits per heavy atom. The highest BCUT2D eigenvalue weighted by Gasteiger charge is 2.21. The first kappa shape index (κ1) is 13.7. The first-order chi connectivity index (χ1) is 6.99. The highest BCUT2D eigenvalue weighted by molar-refractivity contribution is 8.00. The van der Waals surface area contributed by atoms with Gasteiger partial charge in [-0.15, -0.1) is 11.8 Å². The standard InChI is InChI=1S/C7H11NO6S/c8-4(6(10)11)2-15-5(7(12)13)1-14-3-9/h3-5H,1-2,8H2,(H,10,11)(H,12,13)/t4-,5?/m0/s1. The van der Waals surface area contributed by atoms with Crippen LogP contribution in [-0.2, 0) is 19.1 Å². The summed E-state index contributed by atoms with van der Waals surface area (Å²) in [5.41, 5.74) is 5.17. The van der Waals surface area contributed by atoms with Crippen LogP contribution < -0.4 is 5.73 Å². The molecular formula is C7H11NO6S. The van der Waals surface area contributed by atoms with Crippen LogP contribution in [0.15, 0.2) is 0 Å². The molecule has 0 aliphatic heterocycles. The second kappa shape index (κ2) is 7.07. The highest BCUT2D eigenvalue weighted by atomic mass is 32.2. The lowest BCUT2D eigenvalue weighted by molar-refractivity contribution is -0.140. The van der Waals surface area contributed by atoms with E-state index in [2.05, 4.69) is 4.74 Å². The van der Waals surface area contributed by atoms with Crippen LogP contribution in [-0.4, -0.2) is 52.3 Å². The minimum absolute atomic E-state index is 0.0610. The molecule has 8 heteroatoms. The Labute approximate surface area is 89.6 Å². The molecule has 0 saturated carbocycles. The first-order valence-corrected chi connectivity index (χ1v) is 4.92. The van der Waals surface area contributed by atoms with E-state index in [0.29, 0.717) is 0 Å². The van der Waals surface area contributed by atoms with Gasteiger partial charge in [-0.1, -0.05) is 0 Å². The second-order valence-electron chi connectivity index (χ2n) is 2.53. The van der Waals surface area contributed by atoms with Crippen LogP contribution in [0.25, 0.3) is 0 Å². The Balaban J connectivity index is 4.00. The molecular weight excluding hydrogens is 226 g/mol. The molecule has 0 saturated heterocycles. The van der Waals surface area contributed by atoms with E-state index in [9.17, 15) is 14.4 Å². The average molecular weight is 237 g/mol. The number of aliphatic carboxylic acids is 2. The van der Waals surface area contributed by atoms with Crippen LogP contribution in [0.4, 0.5) is 0 Å². The monoisotopic (exact) mass is 237 g/mol. The van der Waals surface area contributed by atoms with Crippen molar-refractivity contribution in [1.29, 1.82) is 0 Å².